The van der Waals surface area contributed by atoms with Crippen LogP contribution in [0.2, 0.25) is 0 Å². The monoisotopic (exact) mass is 229 g/mol. The van der Waals surface area contributed by atoms with E-state index in [9.17, 15) is 4.79 Å². The molecule has 0 aliphatic carbocycles. The molecule has 17 heavy (non-hydrogen) atoms. The molecule has 88 valence electrons. The van der Waals surface area contributed by atoms with E-state index in [4.69, 9.17) is 5.26 Å². The highest BCUT2D eigenvalue weighted by molar-refractivity contribution is 6.00. The maximum Gasteiger partial charge on any atom is 0.254 e. The number of nitrogens with zero attached hydrogens (tertiary/aromatic N) is 2. The maximum absolute atomic E-state index is 11.1. The first-order valence-corrected chi connectivity index (χ1v) is 5.32. The van der Waals surface area contributed by atoms with E-state index in [-0.39, 0.29) is 6.42 Å². The molecule has 4 nitrogen and oxygen atoms in total. The summed E-state index contributed by atoms with van der Waals surface area (Å²) in [6.07, 6.45) is -0.177. The van der Waals surface area contributed by atoms with Crippen molar-refractivity contribution in [3.63, 3.8) is 0 Å². The van der Waals surface area contributed by atoms with Crippen molar-refractivity contribution in [2.75, 3.05) is 0 Å². The molecule has 0 bridgehead atoms. The Bertz CT molecular complexity index is 498. The third-order valence-corrected chi connectivity index (χ3v) is 2.36. The molecule has 0 radical (unpaired) electrons. The van der Waals surface area contributed by atoms with Crippen LogP contribution in [-0.4, -0.2) is 11.6 Å². The number of hydrazone groups is 1. The summed E-state index contributed by atoms with van der Waals surface area (Å²) in [6.45, 7) is 5.85. The van der Waals surface area contributed by atoms with E-state index in [1.54, 1.807) is 6.07 Å². The summed E-state index contributed by atoms with van der Waals surface area (Å²) in [7, 11) is 0. The van der Waals surface area contributed by atoms with Crippen LogP contribution < -0.4 is 5.43 Å². The van der Waals surface area contributed by atoms with Crippen molar-refractivity contribution in [2.45, 2.75) is 27.2 Å². The van der Waals surface area contributed by atoms with Crippen molar-refractivity contribution in [1.82, 2.24) is 5.43 Å². The lowest BCUT2D eigenvalue weighted by atomic mass is 10.0. The minimum atomic E-state index is -0.392. The molecule has 0 spiro atoms. The molecular formula is C13H15N3O. The predicted molar refractivity (Wildman–Crippen MR) is 66.5 cm³/mol. The zero-order valence-electron chi connectivity index (χ0n) is 10.2. The molecule has 0 unspecified atom stereocenters. The van der Waals surface area contributed by atoms with Gasteiger partial charge in [-0.25, -0.2) is 5.43 Å². The zero-order valence-corrected chi connectivity index (χ0v) is 10.2. The smallest absolute Gasteiger partial charge is 0.254 e. The number of hydrogen-bond acceptors (Lipinski definition) is 3. The summed E-state index contributed by atoms with van der Waals surface area (Å²) < 4.78 is 0. The van der Waals surface area contributed by atoms with Crippen LogP contribution in [-0.2, 0) is 4.79 Å². The largest absolute Gasteiger partial charge is 0.272 e. The normalized spacial score (nSPS) is 10.8. The summed E-state index contributed by atoms with van der Waals surface area (Å²) in [5, 5.41) is 12.3. The molecule has 1 rings (SSSR count). The van der Waals surface area contributed by atoms with E-state index in [1.165, 1.54) is 5.56 Å². The van der Waals surface area contributed by atoms with Gasteiger partial charge in [0.2, 0.25) is 0 Å². The quantitative estimate of drug-likeness (QED) is 0.636. The Morgan fingerprint density at radius 1 is 1.47 bits per heavy atom. The fourth-order valence-electron chi connectivity index (χ4n) is 1.54. The molecule has 0 fully saturated rings. The molecule has 0 saturated carbocycles. The second-order valence-electron chi connectivity index (χ2n) is 3.89. The van der Waals surface area contributed by atoms with Crippen LogP contribution in [0, 0.1) is 25.2 Å². The van der Waals surface area contributed by atoms with Gasteiger partial charge >= 0.3 is 0 Å². The van der Waals surface area contributed by atoms with Crippen molar-refractivity contribution in [3.05, 3.63) is 34.9 Å². The lowest BCUT2D eigenvalue weighted by Crippen LogP contribution is -2.18. The van der Waals surface area contributed by atoms with Crippen molar-refractivity contribution in [1.29, 1.82) is 5.26 Å². The molecule has 0 aliphatic rings. The standard InChI is InChI=1S/C13H15N3O/c1-9-4-5-12(10(2)8-9)11(3)15-16-13(17)6-7-14/h4-5,8H,6H2,1-3H3,(H,16,17)/b15-11+. The SMILES string of the molecule is C/C(=N\NC(=O)CC#N)c1ccc(C)cc1C. The fourth-order valence-corrected chi connectivity index (χ4v) is 1.54. The summed E-state index contributed by atoms with van der Waals surface area (Å²) >= 11 is 0. The lowest BCUT2D eigenvalue weighted by molar-refractivity contribution is -0.120. The van der Waals surface area contributed by atoms with Gasteiger partial charge in [-0.1, -0.05) is 23.8 Å². The summed E-state index contributed by atoms with van der Waals surface area (Å²) in [5.41, 5.74) is 6.37. The van der Waals surface area contributed by atoms with Gasteiger partial charge in [0, 0.05) is 5.56 Å². The third kappa shape index (κ3) is 3.72. The Balaban J connectivity index is 2.82. The Hall–Kier alpha value is -2.15. The van der Waals surface area contributed by atoms with E-state index in [1.807, 2.05) is 32.9 Å². The molecule has 0 aliphatic heterocycles. The number of rotatable bonds is 3. The van der Waals surface area contributed by atoms with Gasteiger partial charge in [-0.3, -0.25) is 4.79 Å². The van der Waals surface area contributed by atoms with Crippen LogP contribution in [0.1, 0.15) is 30.0 Å². The first-order valence-electron chi connectivity index (χ1n) is 5.32. The number of benzene rings is 1. The molecule has 0 atom stereocenters. The molecule has 0 aromatic heterocycles. The zero-order chi connectivity index (χ0) is 12.8. The number of nitriles is 1. The van der Waals surface area contributed by atoms with Gasteiger partial charge in [0.1, 0.15) is 6.42 Å². The first-order chi connectivity index (χ1) is 8.04. The molecule has 0 saturated heterocycles. The molecule has 1 aromatic carbocycles. The number of carbonyl (C=O) groups excluding carboxylic acids is 1. The summed E-state index contributed by atoms with van der Waals surface area (Å²) in [6, 6.07) is 7.80. The Kier molecular flexibility index (Phi) is 4.41. The van der Waals surface area contributed by atoms with Crippen molar-refractivity contribution < 1.29 is 4.79 Å². The highest BCUT2D eigenvalue weighted by Gasteiger charge is 2.03. The Labute approximate surface area is 101 Å². The van der Waals surface area contributed by atoms with Crippen LogP contribution in [0.5, 0.6) is 0 Å². The van der Waals surface area contributed by atoms with E-state index in [2.05, 4.69) is 16.6 Å². The molecule has 1 aromatic rings. The van der Waals surface area contributed by atoms with Crippen LogP contribution in [0.3, 0.4) is 0 Å². The topological polar surface area (TPSA) is 65.2 Å². The van der Waals surface area contributed by atoms with Crippen molar-refractivity contribution in [2.24, 2.45) is 5.10 Å². The highest BCUT2D eigenvalue weighted by Crippen LogP contribution is 2.11. The van der Waals surface area contributed by atoms with Gasteiger partial charge in [0.05, 0.1) is 11.8 Å². The van der Waals surface area contributed by atoms with Gasteiger partial charge in [-0.15, -0.1) is 0 Å². The predicted octanol–water partition coefficient (Wildman–Crippen LogP) is 2.06. The van der Waals surface area contributed by atoms with Gasteiger partial charge < -0.3 is 0 Å². The Morgan fingerprint density at radius 2 is 2.18 bits per heavy atom. The van der Waals surface area contributed by atoms with E-state index in [0.717, 1.165) is 16.8 Å². The van der Waals surface area contributed by atoms with Crippen molar-refractivity contribution in [3.8, 4) is 6.07 Å². The molecule has 1 amide bonds. The third-order valence-electron chi connectivity index (χ3n) is 2.36. The van der Waals surface area contributed by atoms with Crippen molar-refractivity contribution >= 4 is 11.6 Å². The minimum absolute atomic E-state index is 0.177. The van der Waals surface area contributed by atoms with Crippen LogP contribution in [0.25, 0.3) is 0 Å². The van der Waals surface area contributed by atoms with Crippen LogP contribution in [0.15, 0.2) is 23.3 Å². The summed E-state index contributed by atoms with van der Waals surface area (Å²) in [4.78, 5) is 11.1. The average molecular weight is 229 g/mol. The average Bonchev–Trinajstić information content (AvgIpc) is 2.26. The molecule has 4 heteroatoms. The number of aryl methyl sites for hydroxylation is 2. The number of carbonyl (C=O) groups is 1. The number of nitrogens with one attached hydrogen (secondary N) is 1. The number of amides is 1. The summed E-state index contributed by atoms with van der Waals surface area (Å²) in [5.74, 6) is -0.392. The van der Waals surface area contributed by atoms with Gasteiger partial charge in [-0.05, 0) is 26.3 Å². The van der Waals surface area contributed by atoms with Gasteiger partial charge in [0.15, 0.2) is 0 Å². The molecule has 1 N–H and O–H groups in total. The van der Waals surface area contributed by atoms with Crippen LogP contribution >= 0.6 is 0 Å². The van der Waals surface area contributed by atoms with E-state index >= 15 is 0 Å². The van der Waals surface area contributed by atoms with E-state index < -0.39 is 5.91 Å². The molecule has 0 heterocycles. The minimum Gasteiger partial charge on any atom is -0.272 e. The lowest BCUT2D eigenvalue weighted by Gasteiger charge is -2.06. The fraction of sp³-hybridized carbons (Fsp3) is 0.308. The second kappa shape index (κ2) is 5.80. The highest BCUT2D eigenvalue weighted by atomic mass is 16.2. The number of hydrogen-bond donors (Lipinski definition) is 1. The van der Waals surface area contributed by atoms with E-state index in [0.29, 0.717) is 0 Å². The Morgan fingerprint density at radius 3 is 2.76 bits per heavy atom. The first kappa shape index (κ1) is 12.9. The molecular weight excluding hydrogens is 214 g/mol. The second-order valence-corrected chi connectivity index (χ2v) is 3.89. The maximum atomic E-state index is 11.1. The van der Waals surface area contributed by atoms with Gasteiger partial charge in [0.25, 0.3) is 5.91 Å². The van der Waals surface area contributed by atoms with Crippen LogP contribution in [0.4, 0.5) is 0 Å². The van der Waals surface area contributed by atoms with Gasteiger partial charge in [-0.2, -0.15) is 10.4 Å².